The third-order valence-corrected chi connectivity index (χ3v) is 12.6. The Labute approximate surface area is 219 Å². The number of rotatable bonds is 4. The summed E-state index contributed by atoms with van der Waals surface area (Å²) in [6.45, 7) is 5.84. The molecule has 0 saturated carbocycles. The first-order valence-corrected chi connectivity index (χ1v) is 13.3. The Kier molecular flexibility index (Phi) is 9.10. The highest BCUT2D eigenvalue weighted by Gasteiger charge is 2.23. The molecule has 2 aromatic carbocycles. The van der Waals surface area contributed by atoms with Crippen molar-refractivity contribution >= 4 is 127 Å². The first-order valence-electron chi connectivity index (χ1n) is 6.97. The van der Waals surface area contributed by atoms with Gasteiger partial charge in [0.15, 0.2) is 11.5 Å². The van der Waals surface area contributed by atoms with E-state index in [0.717, 1.165) is 46.9 Å². The Balaban J connectivity index is 2.39. The van der Waals surface area contributed by atoms with Crippen molar-refractivity contribution in [3.63, 3.8) is 0 Å². The zero-order chi connectivity index (χ0) is 19.9. The number of hydrogen-bond donors (Lipinski definition) is 0. The average Bonchev–Trinajstić information content (AvgIpc) is 2.62. The molecule has 0 unspecified atom stereocenters. The van der Waals surface area contributed by atoms with E-state index in [-0.39, 0.29) is 0 Å². The zero-order valence-corrected chi connectivity index (χ0v) is 26.1. The molecule has 0 fully saturated rings. The molecular weight excluding hydrogens is 863 g/mol. The Morgan fingerprint density at radius 2 is 0.731 bits per heavy atom. The monoisotopic (exact) mass is 865 g/mol. The summed E-state index contributed by atoms with van der Waals surface area (Å²) in [5.74, 6) is 1.28. The van der Waals surface area contributed by atoms with Gasteiger partial charge in [-0.1, -0.05) is 0 Å². The van der Waals surface area contributed by atoms with Crippen LogP contribution >= 0.6 is 127 Å². The molecule has 142 valence electrons. The summed E-state index contributed by atoms with van der Waals surface area (Å²) in [5.41, 5.74) is 2.11. The molecule has 2 nitrogen and oxygen atoms in total. The predicted octanol–water partition coefficient (Wildman–Crippen LogP) is 10.2. The number of hydrogen-bond acceptors (Lipinski definition) is 2. The van der Waals surface area contributed by atoms with Gasteiger partial charge in [-0.15, -0.1) is 0 Å². The van der Waals surface area contributed by atoms with Crippen molar-refractivity contribution in [1.29, 1.82) is 0 Å². The molecule has 0 aliphatic rings. The van der Waals surface area contributed by atoms with Crippen LogP contribution in [0, 0.1) is 13.8 Å². The van der Waals surface area contributed by atoms with Gasteiger partial charge in [0, 0.05) is 24.8 Å². The molecule has 0 bridgehead atoms. The largest absolute Gasteiger partial charge is 0.453 e. The topological polar surface area (TPSA) is 18.5 Å². The van der Waals surface area contributed by atoms with Crippen LogP contribution in [0.3, 0.4) is 0 Å². The summed E-state index contributed by atoms with van der Waals surface area (Å²) < 4.78 is 19.0. The van der Waals surface area contributed by atoms with E-state index in [0.29, 0.717) is 11.5 Å². The lowest BCUT2D eigenvalue weighted by atomic mass is 10.2. The van der Waals surface area contributed by atoms with Gasteiger partial charge in [0.2, 0.25) is 6.29 Å². The van der Waals surface area contributed by atoms with Crippen molar-refractivity contribution in [3.05, 3.63) is 46.9 Å². The first-order chi connectivity index (χ1) is 12.0. The second kappa shape index (κ2) is 9.79. The Bertz CT molecular complexity index is 752. The van der Waals surface area contributed by atoms with Crippen LogP contribution in [0.4, 0.5) is 0 Å². The molecule has 0 aromatic heterocycles. The lowest BCUT2D eigenvalue weighted by Gasteiger charge is -2.23. The Hall–Kier alpha value is 1.88. The van der Waals surface area contributed by atoms with Gasteiger partial charge in [0.05, 0.1) is 17.9 Å². The molecule has 0 radical (unpaired) electrons. The normalized spacial score (nSPS) is 11.2. The van der Waals surface area contributed by atoms with Gasteiger partial charge in [-0.05, 0) is 152 Å². The van der Waals surface area contributed by atoms with E-state index in [1.165, 1.54) is 0 Å². The lowest BCUT2D eigenvalue weighted by Crippen LogP contribution is -2.21. The Morgan fingerprint density at radius 3 is 0.962 bits per heavy atom. The second-order valence-electron chi connectivity index (χ2n) is 5.22. The smallest absolute Gasteiger partial charge is 0.238 e. The molecule has 0 spiro atoms. The zero-order valence-electron chi connectivity index (χ0n) is 13.4. The molecular formula is C16H10Br8O2. The summed E-state index contributed by atoms with van der Waals surface area (Å²) in [7, 11) is 0. The van der Waals surface area contributed by atoms with Crippen LogP contribution in [0.15, 0.2) is 35.8 Å². The Morgan fingerprint density at radius 1 is 0.500 bits per heavy atom. The van der Waals surface area contributed by atoms with Crippen molar-refractivity contribution < 1.29 is 9.47 Å². The van der Waals surface area contributed by atoms with Gasteiger partial charge < -0.3 is 9.47 Å². The minimum absolute atomic E-state index is 0.557. The predicted molar refractivity (Wildman–Crippen MR) is 135 cm³/mol. The fourth-order valence-corrected chi connectivity index (χ4v) is 6.94. The molecule has 10 heteroatoms. The van der Waals surface area contributed by atoms with E-state index in [1.807, 2.05) is 20.8 Å². The molecule has 0 N–H and O–H groups in total. The summed E-state index contributed by atoms with van der Waals surface area (Å²) in [6, 6.07) is 0. The van der Waals surface area contributed by atoms with E-state index in [4.69, 9.17) is 9.47 Å². The fourth-order valence-electron chi connectivity index (χ4n) is 2.01. The van der Waals surface area contributed by atoms with Crippen molar-refractivity contribution in [2.45, 2.75) is 27.1 Å². The number of ether oxygens (including phenoxy) is 2. The second-order valence-corrected chi connectivity index (χ2v) is 11.6. The van der Waals surface area contributed by atoms with Crippen LogP contribution in [0.2, 0.25) is 0 Å². The molecule has 2 rings (SSSR count). The molecule has 0 saturated heterocycles. The van der Waals surface area contributed by atoms with E-state index >= 15 is 0 Å². The van der Waals surface area contributed by atoms with E-state index in [2.05, 4.69) is 127 Å². The van der Waals surface area contributed by atoms with Gasteiger partial charge >= 0.3 is 0 Å². The van der Waals surface area contributed by atoms with Crippen LogP contribution in [0.25, 0.3) is 0 Å². The van der Waals surface area contributed by atoms with Crippen LogP contribution in [0.5, 0.6) is 11.5 Å². The van der Waals surface area contributed by atoms with E-state index < -0.39 is 6.29 Å². The van der Waals surface area contributed by atoms with Crippen molar-refractivity contribution in [1.82, 2.24) is 0 Å². The van der Waals surface area contributed by atoms with E-state index in [9.17, 15) is 0 Å². The summed E-state index contributed by atoms with van der Waals surface area (Å²) >= 11 is 28.6. The van der Waals surface area contributed by atoms with Crippen molar-refractivity contribution in [2.75, 3.05) is 0 Å². The lowest BCUT2D eigenvalue weighted by molar-refractivity contribution is 0.0196. The molecule has 0 amide bonds. The van der Waals surface area contributed by atoms with Crippen LogP contribution in [-0.4, -0.2) is 6.29 Å². The molecule has 0 atom stereocenters. The van der Waals surface area contributed by atoms with E-state index in [1.54, 1.807) is 0 Å². The van der Waals surface area contributed by atoms with Crippen molar-refractivity contribution in [3.8, 4) is 11.5 Å². The highest BCUT2D eigenvalue weighted by atomic mass is 79.9. The number of benzene rings is 2. The molecule has 0 aliphatic heterocycles. The summed E-state index contributed by atoms with van der Waals surface area (Å²) in [5, 5.41) is 0. The van der Waals surface area contributed by atoms with Gasteiger partial charge in [0.1, 0.15) is 0 Å². The van der Waals surface area contributed by atoms with Crippen LogP contribution < -0.4 is 9.47 Å². The quantitative estimate of drug-likeness (QED) is 0.225. The standard InChI is InChI=1S/C16H10Br8O2/c1-4-7(17)11(21)15(12(22)8(4)18)25-6(3)26-16-13(23)9(19)5(2)10(20)14(16)24/h6H,1-3H3. The van der Waals surface area contributed by atoms with Crippen LogP contribution in [-0.2, 0) is 0 Å². The summed E-state index contributed by atoms with van der Waals surface area (Å²) in [4.78, 5) is 0. The first kappa shape index (κ1) is 24.2. The highest BCUT2D eigenvalue weighted by Crippen LogP contribution is 2.48. The van der Waals surface area contributed by atoms with Crippen LogP contribution in [0.1, 0.15) is 18.1 Å². The van der Waals surface area contributed by atoms with Gasteiger partial charge in [-0.25, -0.2) is 0 Å². The average molecular weight is 873 g/mol. The third-order valence-electron chi connectivity index (χ3n) is 3.45. The van der Waals surface area contributed by atoms with Gasteiger partial charge in [-0.2, -0.15) is 0 Å². The minimum atomic E-state index is -0.557. The summed E-state index contributed by atoms with van der Waals surface area (Å²) in [6.07, 6.45) is -0.557. The molecule has 0 heterocycles. The maximum Gasteiger partial charge on any atom is 0.238 e. The molecule has 0 aliphatic carbocycles. The third kappa shape index (κ3) is 4.78. The SMILES string of the molecule is Cc1c(Br)c(Br)c(OC(C)Oc2c(Br)c(Br)c(C)c(Br)c2Br)c(Br)c1Br. The number of halogens is 8. The van der Waals surface area contributed by atoms with Gasteiger partial charge in [0.25, 0.3) is 0 Å². The molecule has 2 aromatic rings. The maximum atomic E-state index is 6.07. The highest BCUT2D eigenvalue weighted by molar-refractivity contribution is 9.14. The molecule has 26 heavy (non-hydrogen) atoms. The fraction of sp³-hybridized carbons (Fsp3) is 0.250. The van der Waals surface area contributed by atoms with Gasteiger partial charge in [-0.3, -0.25) is 0 Å². The maximum absolute atomic E-state index is 6.07. The minimum Gasteiger partial charge on any atom is -0.453 e. The van der Waals surface area contributed by atoms with Crippen molar-refractivity contribution in [2.24, 2.45) is 0 Å².